The second kappa shape index (κ2) is 4.59. The molecule has 1 N–H and O–H groups in total. The predicted octanol–water partition coefficient (Wildman–Crippen LogP) is 4.58. The summed E-state index contributed by atoms with van der Waals surface area (Å²) in [6, 6.07) is 15.9. The fourth-order valence-electron chi connectivity index (χ4n) is 2.98. The molecule has 104 valence electrons. The monoisotopic (exact) mass is 275 g/mol. The molecule has 1 aromatic heterocycles. The Morgan fingerprint density at radius 2 is 1.86 bits per heavy atom. The fourth-order valence-corrected chi connectivity index (χ4v) is 2.98. The highest BCUT2D eigenvalue weighted by atomic mass is 16.1. The van der Waals surface area contributed by atoms with E-state index in [9.17, 15) is 4.79 Å². The van der Waals surface area contributed by atoms with Crippen LogP contribution in [0.1, 0.15) is 45.9 Å². The summed E-state index contributed by atoms with van der Waals surface area (Å²) in [5.74, 6) is 0.662. The zero-order valence-corrected chi connectivity index (χ0v) is 12.0. The molecule has 2 aromatic carbocycles. The quantitative estimate of drug-likeness (QED) is 0.697. The van der Waals surface area contributed by atoms with Crippen molar-refractivity contribution >= 4 is 16.7 Å². The van der Waals surface area contributed by atoms with Gasteiger partial charge in [-0.25, -0.2) is 0 Å². The number of carbonyl (C=O) groups excluding carboxylic acids is 1. The van der Waals surface area contributed by atoms with Crippen LogP contribution < -0.4 is 0 Å². The summed E-state index contributed by atoms with van der Waals surface area (Å²) in [4.78, 5) is 16.4. The first kappa shape index (κ1) is 12.4. The number of hydrogen-bond acceptors (Lipinski definition) is 1. The molecule has 1 heterocycles. The Morgan fingerprint density at radius 3 is 2.57 bits per heavy atom. The third kappa shape index (κ3) is 2.07. The summed E-state index contributed by atoms with van der Waals surface area (Å²) < 4.78 is 0. The minimum absolute atomic E-state index is 0.134. The number of rotatable bonds is 3. The first-order chi connectivity index (χ1) is 10.2. The smallest absolute Gasteiger partial charge is 0.195 e. The number of fused-ring (bicyclic) bond motifs is 1. The predicted molar refractivity (Wildman–Crippen MR) is 84.9 cm³/mol. The van der Waals surface area contributed by atoms with Crippen molar-refractivity contribution in [2.24, 2.45) is 0 Å². The van der Waals surface area contributed by atoms with E-state index in [0.29, 0.717) is 5.92 Å². The maximum absolute atomic E-state index is 13.0. The molecule has 0 radical (unpaired) electrons. The van der Waals surface area contributed by atoms with Gasteiger partial charge in [0.05, 0.1) is 5.56 Å². The zero-order valence-electron chi connectivity index (χ0n) is 12.0. The van der Waals surface area contributed by atoms with E-state index >= 15 is 0 Å². The van der Waals surface area contributed by atoms with Crippen LogP contribution in [0.5, 0.6) is 0 Å². The Kier molecular flexibility index (Phi) is 2.71. The van der Waals surface area contributed by atoms with E-state index in [1.807, 2.05) is 30.3 Å². The van der Waals surface area contributed by atoms with Crippen LogP contribution in [-0.2, 0) is 0 Å². The number of benzene rings is 2. The van der Waals surface area contributed by atoms with E-state index in [1.165, 1.54) is 18.4 Å². The van der Waals surface area contributed by atoms with Crippen LogP contribution in [0.25, 0.3) is 10.9 Å². The largest absolute Gasteiger partial charge is 0.358 e. The summed E-state index contributed by atoms with van der Waals surface area (Å²) in [6.07, 6.45) is 2.36. The normalized spacial score (nSPS) is 14.5. The summed E-state index contributed by atoms with van der Waals surface area (Å²) >= 11 is 0. The average molecular weight is 275 g/mol. The molecule has 0 aliphatic heterocycles. The number of carbonyl (C=O) groups is 1. The van der Waals surface area contributed by atoms with Crippen molar-refractivity contribution in [3.63, 3.8) is 0 Å². The molecule has 1 saturated carbocycles. The van der Waals surface area contributed by atoms with Gasteiger partial charge in [-0.3, -0.25) is 4.79 Å². The number of aryl methyl sites for hydroxylation is 1. The van der Waals surface area contributed by atoms with Gasteiger partial charge in [0, 0.05) is 22.2 Å². The van der Waals surface area contributed by atoms with E-state index < -0.39 is 0 Å². The third-order valence-corrected chi connectivity index (χ3v) is 4.23. The van der Waals surface area contributed by atoms with Crippen molar-refractivity contribution in [1.82, 2.24) is 4.98 Å². The molecule has 0 unspecified atom stereocenters. The second-order valence-corrected chi connectivity index (χ2v) is 5.93. The van der Waals surface area contributed by atoms with Crippen LogP contribution in [0, 0.1) is 6.92 Å². The molecular formula is C19H17NO. The topological polar surface area (TPSA) is 32.9 Å². The van der Waals surface area contributed by atoms with Gasteiger partial charge < -0.3 is 4.98 Å². The van der Waals surface area contributed by atoms with Gasteiger partial charge >= 0.3 is 0 Å². The molecule has 4 rings (SSSR count). The van der Waals surface area contributed by atoms with E-state index in [-0.39, 0.29) is 5.78 Å². The van der Waals surface area contributed by atoms with E-state index in [4.69, 9.17) is 0 Å². The molecule has 21 heavy (non-hydrogen) atoms. The van der Waals surface area contributed by atoms with Gasteiger partial charge in [-0.1, -0.05) is 42.0 Å². The Balaban J connectivity index is 1.95. The lowest BCUT2D eigenvalue weighted by molar-refractivity contribution is 0.103. The van der Waals surface area contributed by atoms with Crippen LogP contribution >= 0.6 is 0 Å². The molecule has 0 atom stereocenters. The fraction of sp³-hybridized carbons (Fsp3) is 0.211. The summed E-state index contributed by atoms with van der Waals surface area (Å²) in [5.41, 5.74) is 5.03. The lowest BCUT2D eigenvalue weighted by Crippen LogP contribution is -2.03. The number of hydrogen-bond donors (Lipinski definition) is 1. The Hall–Kier alpha value is -2.35. The second-order valence-electron chi connectivity index (χ2n) is 5.93. The highest BCUT2D eigenvalue weighted by Crippen LogP contribution is 2.43. The highest BCUT2D eigenvalue weighted by Gasteiger charge is 2.31. The van der Waals surface area contributed by atoms with Crippen LogP contribution in [0.15, 0.2) is 48.5 Å². The average Bonchev–Trinajstić information content (AvgIpc) is 3.29. The lowest BCUT2D eigenvalue weighted by atomic mass is 9.98. The highest BCUT2D eigenvalue weighted by molar-refractivity contribution is 6.17. The van der Waals surface area contributed by atoms with Gasteiger partial charge in [0.15, 0.2) is 5.78 Å². The number of nitrogens with one attached hydrogen (secondary N) is 1. The van der Waals surface area contributed by atoms with Gasteiger partial charge in [0.25, 0.3) is 0 Å². The summed E-state index contributed by atoms with van der Waals surface area (Å²) in [6.45, 7) is 2.07. The first-order valence-electron chi connectivity index (χ1n) is 7.46. The van der Waals surface area contributed by atoms with E-state index in [0.717, 1.165) is 27.7 Å². The van der Waals surface area contributed by atoms with Crippen LogP contribution in [-0.4, -0.2) is 10.8 Å². The van der Waals surface area contributed by atoms with Gasteiger partial charge in [-0.15, -0.1) is 0 Å². The molecule has 3 aromatic rings. The molecule has 0 saturated heterocycles. The van der Waals surface area contributed by atoms with Crippen molar-refractivity contribution in [3.05, 3.63) is 70.9 Å². The van der Waals surface area contributed by atoms with Crippen LogP contribution in [0.2, 0.25) is 0 Å². The lowest BCUT2D eigenvalue weighted by Gasteiger charge is -2.04. The van der Waals surface area contributed by atoms with Crippen molar-refractivity contribution in [2.45, 2.75) is 25.7 Å². The summed E-state index contributed by atoms with van der Waals surface area (Å²) in [7, 11) is 0. The molecule has 1 aliphatic rings. The first-order valence-corrected chi connectivity index (χ1v) is 7.46. The zero-order chi connectivity index (χ0) is 14.4. The molecular weight excluding hydrogens is 258 g/mol. The van der Waals surface area contributed by atoms with Gasteiger partial charge in [-0.2, -0.15) is 0 Å². The minimum atomic E-state index is 0.134. The standard InChI is InChI=1S/C19H17NO/c1-12-7-10-16-15(11-12)17(18(20-16)13-8-9-13)19(21)14-5-3-2-4-6-14/h2-7,10-11,13,20H,8-9H2,1H3. The number of ketones is 1. The summed E-state index contributed by atoms with van der Waals surface area (Å²) in [5, 5.41) is 1.06. The number of aromatic amines is 1. The van der Waals surface area contributed by atoms with Crippen LogP contribution in [0.3, 0.4) is 0 Å². The number of H-pyrrole nitrogens is 1. The maximum Gasteiger partial charge on any atom is 0.195 e. The van der Waals surface area contributed by atoms with Crippen LogP contribution in [0.4, 0.5) is 0 Å². The van der Waals surface area contributed by atoms with E-state index in [2.05, 4.69) is 30.1 Å². The Labute approximate surface area is 123 Å². The van der Waals surface area contributed by atoms with Crippen molar-refractivity contribution in [3.8, 4) is 0 Å². The van der Waals surface area contributed by atoms with Crippen molar-refractivity contribution in [2.75, 3.05) is 0 Å². The minimum Gasteiger partial charge on any atom is -0.358 e. The van der Waals surface area contributed by atoms with Gasteiger partial charge in [0.2, 0.25) is 0 Å². The maximum atomic E-state index is 13.0. The Morgan fingerprint density at radius 1 is 1.10 bits per heavy atom. The SMILES string of the molecule is Cc1ccc2[nH]c(C3CC3)c(C(=O)c3ccccc3)c2c1. The molecule has 0 amide bonds. The third-order valence-electron chi connectivity index (χ3n) is 4.23. The molecule has 2 nitrogen and oxygen atoms in total. The molecule has 0 bridgehead atoms. The van der Waals surface area contributed by atoms with Gasteiger partial charge in [0.1, 0.15) is 0 Å². The van der Waals surface area contributed by atoms with Crippen molar-refractivity contribution < 1.29 is 4.79 Å². The molecule has 1 fully saturated rings. The van der Waals surface area contributed by atoms with Crippen molar-refractivity contribution in [1.29, 1.82) is 0 Å². The Bertz CT molecular complexity index is 825. The van der Waals surface area contributed by atoms with E-state index in [1.54, 1.807) is 0 Å². The van der Waals surface area contributed by atoms with Gasteiger partial charge in [-0.05, 0) is 37.8 Å². The molecule has 0 spiro atoms. The number of aromatic nitrogens is 1. The molecule has 2 heteroatoms. The molecule has 1 aliphatic carbocycles.